The van der Waals surface area contributed by atoms with Crippen LogP contribution in [-0.4, -0.2) is 21.5 Å². The SMILES string of the molecule is CCN(Cc1ccc([N+](=O)[O-])cc1)[N+](=O)[O-]. The van der Waals surface area contributed by atoms with Crippen molar-refractivity contribution in [2.24, 2.45) is 0 Å². The van der Waals surface area contributed by atoms with Crippen molar-refractivity contribution in [3.8, 4) is 0 Å². The van der Waals surface area contributed by atoms with E-state index in [9.17, 15) is 20.2 Å². The second kappa shape index (κ2) is 5.06. The standard InChI is InChI=1S/C9H11N3O4/c1-2-10(12(15)16)7-8-3-5-9(6-4-8)11(13)14/h3-6H,2,7H2,1H3. The summed E-state index contributed by atoms with van der Waals surface area (Å²) in [6, 6.07) is 5.71. The Labute approximate surface area is 91.6 Å². The topological polar surface area (TPSA) is 89.5 Å². The molecule has 0 heterocycles. The first kappa shape index (κ1) is 11.9. The molecule has 0 amide bonds. The summed E-state index contributed by atoms with van der Waals surface area (Å²) in [6.45, 7) is 2.10. The Morgan fingerprint density at radius 2 is 1.75 bits per heavy atom. The second-order valence-electron chi connectivity index (χ2n) is 3.14. The largest absolute Gasteiger partial charge is 0.269 e. The molecule has 7 heteroatoms. The number of hydrazine groups is 1. The van der Waals surface area contributed by atoms with Crippen LogP contribution in [0.5, 0.6) is 0 Å². The molecule has 7 nitrogen and oxygen atoms in total. The molecule has 0 saturated heterocycles. The third kappa shape index (κ3) is 2.91. The minimum Gasteiger partial charge on any atom is -0.258 e. The van der Waals surface area contributed by atoms with E-state index in [4.69, 9.17) is 0 Å². The molecular formula is C9H11N3O4. The Bertz CT molecular complexity index is 390. The number of non-ortho nitro benzene ring substituents is 1. The smallest absolute Gasteiger partial charge is 0.258 e. The molecule has 0 aliphatic rings. The van der Waals surface area contributed by atoms with Gasteiger partial charge in [0.1, 0.15) is 6.54 Å². The first-order chi connectivity index (χ1) is 7.54. The van der Waals surface area contributed by atoms with Crippen molar-refractivity contribution in [2.75, 3.05) is 6.54 Å². The molecule has 1 aromatic rings. The van der Waals surface area contributed by atoms with Crippen molar-refractivity contribution >= 4 is 5.69 Å². The van der Waals surface area contributed by atoms with E-state index in [-0.39, 0.29) is 18.8 Å². The third-order valence-corrected chi connectivity index (χ3v) is 2.11. The normalized spacial score (nSPS) is 9.81. The van der Waals surface area contributed by atoms with Gasteiger partial charge in [-0.3, -0.25) is 10.1 Å². The molecule has 0 unspecified atom stereocenters. The number of hydrogen-bond acceptors (Lipinski definition) is 4. The average Bonchev–Trinajstić information content (AvgIpc) is 2.26. The van der Waals surface area contributed by atoms with Crippen LogP contribution < -0.4 is 0 Å². The molecule has 0 atom stereocenters. The van der Waals surface area contributed by atoms with Crippen molar-refractivity contribution in [3.63, 3.8) is 0 Å². The van der Waals surface area contributed by atoms with E-state index < -0.39 is 9.96 Å². The van der Waals surface area contributed by atoms with E-state index in [1.54, 1.807) is 6.92 Å². The van der Waals surface area contributed by atoms with Gasteiger partial charge in [0.2, 0.25) is 0 Å². The van der Waals surface area contributed by atoms with Crippen molar-refractivity contribution < 1.29 is 9.96 Å². The summed E-state index contributed by atoms with van der Waals surface area (Å²) in [5.41, 5.74) is 0.650. The summed E-state index contributed by atoms with van der Waals surface area (Å²) in [7, 11) is 0. The second-order valence-corrected chi connectivity index (χ2v) is 3.14. The van der Waals surface area contributed by atoms with Gasteiger partial charge in [-0.2, -0.15) is 0 Å². The summed E-state index contributed by atoms with van der Waals surface area (Å²) in [6.07, 6.45) is 0. The van der Waals surface area contributed by atoms with E-state index in [0.29, 0.717) is 5.56 Å². The summed E-state index contributed by atoms with van der Waals surface area (Å²) in [4.78, 5) is 20.4. The maximum Gasteiger partial charge on any atom is 0.269 e. The molecular weight excluding hydrogens is 214 g/mol. The number of rotatable bonds is 5. The summed E-state index contributed by atoms with van der Waals surface area (Å²) >= 11 is 0. The van der Waals surface area contributed by atoms with Gasteiger partial charge < -0.3 is 0 Å². The third-order valence-electron chi connectivity index (χ3n) is 2.11. The molecule has 16 heavy (non-hydrogen) atoms. The van der Waals surface area contributed by atoms with Gasteiger partial charge in [-0.25, -0.2) is 10.1 Å². The lowest BCUT2D eigenvalue weighted by Gasteiger charge is -2.11. The van der Waals surface area contributed by atoms with Crippen molar-refractivity contribution in [3.05, 3.63) is 50.1 Å². The Kier molecular flexibility index (Phi) is 3.76. The van der Waals surface area contributed by atoms with Gasteiger partial charge in [-0.1, -0.05) is 12.1 Å². The first-order valence-electron chi connectivity index (χ1n) is 4.67. The van der Waals surface area contributed by atoms with Gasteiger partial charge in [0, 0.05) is 12.1 Å². The van der Waals surface area contributed by atoms with E-state index >= 15 is 0 Å². The minimum atomic E-state index is -0.505. The number of hydrogen-bond donors (Lipinski definition) is 0. The zero-order valence-corrected chi connectivity index (χ0v) is 8.70. The summed E-state index contributed by atoms with van der Waals surface area (Å²) in [5.74, 6) is 0. The Hall–Kier alpha value is -2.18. The van der Waals surface area contributed by atoms with Crippen LogP contribution in [0.1, 0.15) is 12.5 Å². The molecule has 0 fully saturated rings. The molecule has 0 aliphatic heterocycles. The van der Waals surface area contributed by atoms with Crippen LogP contribution >= 0.6 is 0 Å². The lowest BCUT2D eigenvalue weighted by molar-refractivity contribution is -0.658. The molecule has 0 N–H and O–H groups in total. The molecule has 0 spiro atoms. The lowest BCUT2D eigenvalue weighted by Crippen LogP contribution is -2.28. The summed E-state index contributed by atoms with van der Waals surface area (Å²) < 4.78 is 0. The van der Waals surface area contributed by atoms with Crippen molar-refractivity contribution in [1.29, 1.82) is 0 Å². The molecule has 1 aromatic carbocycles. The minimum absolute atomic E-state index is 0.0205. The van der Waals surface area contributed by atoms with Crippen LogP contribution in [-0.2, 0) is 6.54 Å². The van der Waals surface area contributed by atoms with Gasteiger partial charge in [-0.15, -0.1) is 5.01 Å². The van der Waals surface area contributed by atoms with E-state index in [1.165, 1.54) is 24.3 Å². The maximum absolute atomic E-state index is 10.5. The van der Waals surface area contributed by atoms with Gasteiger partial charge in [0.05, 0.1) is 11.5 Å². The summed E-state index contributed by atoms with van der Waals surface area (Å²) in [5, 5.41) is 21.5. The maximum atomic E-state index is 10.5. The predicted molar refractivity (Wildman–Crippen MR) is 56.2 cm³/mol. The average molecular weight is 225 g/mol. The van der Waals surface area contributed by atoms with Crippen LogP contribution in [0.15, 0.2) is 24.3 Å². The van der Waals surface area contributed by atoms with E-state index in [2.05, 4.69) is 0 Å². The molecule has 0 aromatic heterocycles. The quantitative estimate of drug-likeness (QED) is 0.560. The Balaban J connectivity index is 2.75. The zero-order chi connectivity index (χ0) is 12.1. The molecule has 0 aliphatic carbocycles. The van der Waals surface area contributed by atoms with Crippen LogP contribution in [0.3, 0.4) is 0 Å². The number of nitro groups is 2. The van der Waals surface area contributed by atoms with Crippen LogP contribution in [0.2, 0.25) is 0 Å². The fourth-order valence-electron chi connectivity index (χ4n) is 1.22. The van der Waals surface area contributed by atoms with E-state index in [0.717, 1.165) is 5.01 Å². The van der Waals surface area contributed by atoms with Gasteiger partial charge in [-0.05, 0) is 12.5 Å². The molecule has 86 valence electrons. The van der Waals surface area contributed by atoms with Gasteiger partial charge in [0.15, 0.2) is 5.03 Å². The van der Waals surface area contributed by atoms with E-state index in [1.807, 2.05) is 0 Å². The first-order valence-corrected chi connectivity index (χ1v) is 4.67. The Morgan fingerprint density at radius 3 is 2.12 bits per heavy atom. The highest BCUT2D eigenvalue weighted by atomic mass is 16.7. The van der Waals surface area contributed by atoms with Crippen molar-refractivity contribution in [1.82, 2.24) is 5.01 Å². The number of nitro benzene ring substituents is 1. The highest BCUT2D eigenvalue weighted by Crippen LogP contribution is 2.13. The molecule has 0 saturated carbocycles. The molecule has 0 radical (unpaired) electrons. The fourth-order valence-corrected chi connectivity index (χ4v) is 1.22. The number of nitrogens with zero attached hydrogens (tertiary/aromatic N) is 3. The van der Waals surface area contributed by atoms with Gasteiger partial charge >= 0.3 is 0 Å². The molecule has 1 rings (SSSR count). The highest BCUT2D eigenvalue weighted by Gasteiger charge is 2.12. The predicted octanol–water partition coefficient (Wildman–Crippen LogP) is 1.61. The van der Waals surface area contributed by atoms with Crippen LogP contribution in [0, 0.1) is 20.2 Å². The molecule has 0 bridgehead atoms. The number of benzene rings is 1. The van der Waals surface area contributed by atoms with Crippen LogP contribution in [0.25, 0.3) is 0 Å². The Morgan fingerprint density at radius 1 is 1.19 bits per heavy atom. The fraction of sp³-hybridized carbons (Fsp3) is 0.333. The van der Waals surface area contributed by atoms with Crippen molar-refractivity contribution in [2.45, 2.75) is 13.5 Å². The zero-order valence-electron chi connectivity index (χ0n) is 8.70. The lowest BCUT2D eigenvalue weighted by atomic mass is 10.2. The monoisotopic (exact) mass is 225 g/mol. The van der Waals surface area contributed by atoms with Gasteiger partial charge in [0.25, 0.3) is 5.69 Å². The van der Waals surface area contributed by atoms with Crippen LogP contribution in [0.4, 0.5) is 5.69 Å². The highest BCUT2D eigenvalue weighted by molar-refractivity contribution is 5.32.